The molecule has 174 valence electrons. The third-order valence-corrected chi connectivity index (χ3v) is 5.82. The molecule has 2 aromatic rings. The predicted molar refractivity (Wildman–Crippen MR) is 122 cm³/mol. The molecule has 1 heterocycles. The highest BCUT2D eigenvalue weighted by atomic mass is 19.1. The fraction of sp³-hybridized carbons (Fsp3) is 0.333. The molecule has 1 fully saturated rings. The molecule has 0 spiro atoms. The average Bonchev–Trinajstić information content (AvgIpc) is 2.97. The molecule has 1 aliphatic heterocycles. The van der Waals surface area contributed by atoms with Crippen LogP contribution in [0.4, 0.5) is 9.18 Å². The van der Waals surface area contributed by atoms with E-state index in [0.717, 1.165) is 5.56 Å². The van der Waals surface area contributed by atoms with Crippen LogP contribution in [0.1, 0.15) is 49.2 Å². The summed E-state index contributed by atoms with van der Waals surface area (Å²) in [6.45, 7) is 7.42. The number of carbonyl (C=O) groups excluding carboxylic acids is 1. The number of carbonyl (C=O) groups is 2. The lowest BCUT2D eigenvalue weighted by Gasteiger charge is -2.32. The maximum absolute atomic E-state index is 14.6. The number of carboxylic acid groups (broad SMARTS) is 1. The van der Waals surface area contributed by atoms with Gasteiger partial charge in [-0.2, -0.15) is 0 Å². The van der Waals surface area contributed by atoms with Gasteiger partial charge in [-0.3, -0.25) is 0 Å². The van der Waals surface area contributed by atoms with Crippen molar-refractivity contribution in [2.45, 2.75) is 45.5 Å². The van der Waals surface area contributed by atoms with Crippen molar-refractivity contribution in [2.24, 2.45) is 0 Å². The summed E-state index contributed by atoms with van der Waals surface area (Å²) in [6.07, 6.45) is 0.659. The molecule has 0 aliphatic carbocycles. The van der Waals surface area contributed by atoms with Gasteiger partial charge < -0.3 is 24.5 Å². The SMILES string of the molecule is CC1(C)OB(C(=Cc2c(F)cccc2C(=O)O)CNC(=O)OCc2ccccc2)OC1(C)C. The first kappa shape index (κ1) is 24.5. The maximum Gasteiger partial charge on any atom is 0.492 e. The molecular formula is C24H27BFNO6. The van der Waals surface area contributed by atoms with Gasteiger partial charge in [-0.15, -0.1) is 0 Å². The van der Waals surface area contributed by atoms with E-state index in [9.17, 15) is 19.1 Å². The zero-order valence-corrected chi connectivity index (χ0v) is 19.1. The van der Waals surface area contributed by atoms with E-state index >= 15 is 0 Å². The normalized spacial score (nSPS) is 17.0. The Hall–Kier alpha value is -3.17. The number of ether oxygens (including phenoxy) is 1. The van der Waals surface area contributed by atoms with Crippen molar-refractivity contribution in [1.29, 1.82) is 0 Å². The Morgan fingerprint density at radius 3 is 2.30 bits per heavy atom. The molecule has 9 heteroatoms. The molecule has 1 saturated heterocycles. The topological polar surface area (TPSA) is 94.1 Å². The van der Waals surface area contributed by atoms with E-state index in [-0.39, 0.29) is 24.3 Å². The molecule has 0 unspecified atom stereocenters. The smallest absolute Gasteiger partial charge is 0.478 e. The van der Waals surface area contributed by atoms with Crippen LogP contribution in [0.15, 0.2) is 54.0 Å². The molecule has 0 atom stereocenters. The van der Waals surface area contributed by atoms with Crippen molar-refractivity contribution in [3.63, 3.8) is 0 Å². The lowest BCUT2D eigenvalue weighted by Crippen LogP contribution is -2.41. The molecule has 0 saturated carbocycles. The minimum atomic E-state index is -1.27. The fourth-order valence-corrected chi connectivity index (χ4v) is 3.20. The molecule has 7 nitrogen and oxygen atoms in total. The molecule has 33 heavy (non-hydrogen) atoms. The second-order valence-electron chi connectivity index (χ2n) is 8.73. The van der Waals surface area contributed by atoms with Crippen LogP contribution in [-0.2, 0) is 20.7 Å². The zero-order chi connectivity index (χ0) is 24.2. The van der Waals surface area contributed by atoms with Crippen LogP contribution in [0.2, 0.25) is 0 Å². The summed E-state index contributed by atoms with van der Waals surface area (Å²) in [5.74, 6) is -1.99. The molecule has 0 bridgehead atoms. The van der Waals surface area contributed by atoms with Crippen LogP contribution < -0.4 is 5.32 Å². The molecule has 1 amide bonds. The van der Waals surface area contributed by atoms with Gasteiger partial charge in [0.15, 0.2) is 0 Å². The summed E-state index contributed by atoms with van der Waals surface area (Å²) in [7, 11) is -0.925. The number of rotatable bonds is 7. The van der Waals surface area contributed by atoms with Crippen molar-refractivity contribution in [3.05, 3.63) is 76.5 Å². The number of alkyl carbamates (subject to hydrolysis) is 1. The minimum absolute atomic E-state index is 0.0820. The summed E-state index contributed by atoms with van der Waals surface area (Å²) in [5, 5.41) is 12.1. The van der Waals surface area contributed by atoms with Crippen LogP contribution in [0.25, 0.3) is 6.08 Å². The zero-order valence-electron chi connectivity index (χ0n) is 19.1. The Morgan fingerprint density at radius 2 is 1.70 bits per heavy atom. The summed E-state index contributed by atoms with van der Waals surface area (Å²) >= 11 is 0. The van der Waals surface area contributed by atoms with Crippen molar-refractivity contribution < 1.29 is 33.1 Å². The van der Waals surface area contributed by atoms with Crippen molar-refractivity contribution >= 4 is 25.3 Å². The van der Waals surface area contributed by atoms with Gasteiger partial charge >= 0.3 is 19.2 Å². The highest BCUT2D eigenvalue weighted by Gasteiger charge is 2.52. The lowest BCUT2D eigenvalue weighted by atomic mass is 9.76. The Bertz CT molecular complexity index is 1040. The van der Waals surface area contributed by atoms with E-state index in [0.29, 0.717) is 5.47 Å². The Labute approximate surface area is 192 Å². The third-order valence-electron chi connectivity index (χ3n) is 5.82. The first-order chi connectivity index (χ1) is 15.5. The quantitative estimate of drug-likeness (QED) is 0.599. The largest absolute Gasteiger partial charge is 0.492 e. The van der Waals surface area contributed by atoms with Crippen molar-refractivity contribution in [1.82, 2.24) is 5.32 Å². The van der Waals surface area contributed by atoms with Gasteiger partial charge in [-0.05, 0) is 50.9 Å². The Morgan fingerprint density at radius 1 is 1.06 bits per heavy atom. The van der Waals surface area contributed by atoms with Crippen LogP contribution in [0.5, 0.6) is 0 Å². The van der Waals surface area contributed by atoms with E-state index in [1.165, 1.54) is 24.3 Å². The van der Waals surface area contributed by atoms with Crippen LogP contribution in [0, 0.1) is 5.82 Å². The number of carboxylic acids is 1. The first-order valence-electron chi connectivity index (χ1n) is 10.5. The number of amides is 1. The number of aromatic carboxylic acids is 1. The highest BCUT2D eigenvalue weighted by Crippen LogP contribution is 2.39. The lowest BCUT2D eigenvalue weighted by molar-refractivity contribution is 0.00578. The number of benzene rings is 2. The van der Waals surface area contributed by atoms with Gasteiger partial charge in [-0.25, -0.2) is 14.0 Å². The van der Waals surface area contributed by atoms with Gasteiger partial charge in [0.05, 0.1) is 16.8 Å². The monoisotopic (exact) mass is 455 g/mol. The molecule has 1 aliphatic rings. The molecule has 2 N–H and O–H groups in total. The molecule has 2 aromatic carbocycles. The standard InChI is InChI=1S/C24H27BFNO6/c1-23(2)24(3,4)33-25(32-23)17(13-19-18(21(28)29)11-8-12-20(19)26)14-27-22(30)31-15-16-9-6-5-7-10-16/h5-13H,14-15H2,1-4H3,(H,27,30)(H,28,29). The van der Waals surface area contributed by atoms with E-state index in [1.54, 1.807) is 0 Å². The minimum Gasteiger partial charge on any atom is -0.478 e. The van der Waals surface area contributed by atoms with E-state index in [1.807, 2.05) is 58.0 Å². The van der Waals surface area contributed by atoms with E-state index in [2.05, 4.69) is 5.32 Å². The van der Waals surface area contributed by atoms with Gasteiger partial charge in [0, 0.05) is 12.1 Å². The fourth-order valence-electron chi connectivity index (χ4n) is 3.20. The van der Waals surface area contributed by atoms with Gasteiger partial charge in [0.2, 0.25) is 0 Å². The summed E-state index contributed by atoms with van der Waals surface area (Å²) in [4.78, 5) is 23.9. The van der Waals surface area contributed by atoms with Gasteiger partial charge in [0.25, 0.3) is 0 Å². The molecule has 3 rings (SSSR count). The van der Waals surface area contributed by atoms with Crippen LogP contribution >= 0.6 is 0 Å². The average molecular weight is 455 g/mol. The maximum atomic E-state index is 14.6. The van der Waals surface area contributed by atoms with Crippen LogP contribution in [0.3, 0.4) is 0 Å². The van der Waals surface area contributed by atoms with Crippen LogP contribution in [-0.4, -0.2) is 42.0 Å². The van der Waals surface area contributed by atoms with Gasteiger partial charge in [0.1, 0.15) is 12.4 Å². The Balaban J connectivity index is 1.84. The number of hydrogen-bond acceptors (Lipinski definition) is 5. The number of nitrogens with one attached hydrogen (secondary N) is 1. The van der Waals surface area contributed by atoms with E-state index in [4.69, 9.17) is 14.0 Å². The van der Waals surface area contributed by atoms with Crippen molar-refractivity contribution in [2.75, 3.05) is 6.54 Å². The summed E-state index contributed by atoms with van der Waals surface area (Å²) in [6, 6.07) is 13.0. The Kier molecular flexibility index (Phi) is 7.24. The molecular weight excluding hydrogens is 428 g/mol. The summed E-state index contributed by atoms with van der Waals surface area (Å²) in [5.41, 5.74) is -0.542. The van der Waals surface area contributed by atoms with Crippen molar-refractivity contribution in [3.8, 4) is 0 Å². The second kappa shape index (κ2) is 9.76. The summed E-state index contributed by atoms with van der Waals surface area (Å²) < 4.78 is 31.9. The highest BCUT2D eigenvalue weighted by molar-refractivity contribution is 6.56. The van der Waals surface area contributed by atoms with E-state index < -0.39 is 36.2 Å². The first-order valence-corrected chi connectivity index (χ1v) is 10.5. The van der Waals surface area contributed by atoms with Gasteiger partial charge in [-0.1, -0.05) is 42.5 Å². The second-order valence-corrected chi connectivity index (χ2v) is 8.73. The predicted octanol–water partition coefficient (Wildman–Crippen LogP) is 4.47. The number of hydrogen-bond donors (Lipinski definition) is 2. The molecule has 0 radical (unpaired) electrons. The molecule has 0 aromatic heterocycles. The third kappa shape index (κ3) is 5.80. The number of halogens is 1.